The van der Waals surface area contributed by atoms with Crippen molar-refractivity contribution in [2.75, 3.05) is 33.0 Å². The fourth-order valence-corrected chi connectivity index (χ4v) is 4.08. The molecule has 0 aromatic carbocycles. The lowest BCUT2D eigenvalue weighted by molar-refractivity contribution is -0.197. The topological polar surface area (TPSA) is 127 Å². The predicted molar refractivity (Wildman–Crippen MR) is 106 cm³/mol. The molecular weight excluding hydrogens is 392 g/mol. The van der Waals surface area contributed by atoms with Crippen LogP contribution in [-0.4, -0.2) is 81.7 Å². The van der Waals surface area contributed by atoms with Gasteiger partial charge in [-0.15, -0.1) is 0 Å². The summed E-state index contributed by atoms with van der Waals surface area (Å²) in [5.74, 6) is -0.606. The van der Waals surface area contributed by atoms with Gasteiger partial charge in [0.2, 0.25) is 0 Å². The molecule has 0 amide bonds. The number of anilines is 1. The normalized spacial score (nSPS) is 27.6. The number of ether oxygens (including phenoxy) is 4. The number of nitrogens with zero attached hydrogens (tertiary/aromatic N) is 5. The van der Waals surface area contributed by atoms with Crippen LogP contribution in [-0.2, 0) is 23.7 Å². The molecule has 2 aliphatic heterocycles. The lowest BCUT2D eigenvalue weighted by Gasteiger charge is -2.27. The number of fused-ring (bicyclic) bond motifs is 2. The van der Waals surface area contributed by atoms with E-state index in [1.165, 1.54) is 13.4 Å². The summed E-state index contributed by atoms with van der Waals surface area (Å²) in [6.07, 6.45) is 2.91. The Labute approximate surface area is 174 Å². The minimum Gasteiger partial charge on any atom is -0.469 e. The summed E-state index contributed by atoms with van der Waals surface area (Å²) in [6, 6.07) is 0. The fraction of sp³-hybridized carbons (Fsp3) is 0.684. The first kappa shape index (κ1) is 20.9. The van der Waals surface area contributed by atoms with Crippen LogP contribution in [0.1, 0.15) is 32.9 Å². The second kappa shape index (κ2) is 8.06. The zero-order valence-corrected chi connectivity index (χ0v) is 17.6. The van der Waals surface area contributed by atoms with Gasteiger partial charge in [0, 0.05) is 13.0 Å². The van der Waals surface area contributed by atoms with E-state index in [-0.39, 0.29) is 24.3 Å². The van der Waals surface area contributed by atoms with Gasteiger partial charge in [-0.3, -0.25) is 9.36 Å². The van der Waals surface area contributed by atoms with Gasteiger partial charge in [-0.1, -0.05) is 0 Å². The summed E-state index contributed by atoms with van der Waals surface area (Å²) in [5, 5.41) is 0. The summed E-state index contributed by atoms with van der Waals surface area (Å²) < 4.78 is 25.2. The van der Waals surface area contributed by atoms with Crippen molar-refractivity contribution in [3.8, 4) is 0 Å². The third kappa shape index (κ3) is 3.97. The highest BCUT2D eigenvalue weighted by Gasteiger charge is 2.56. The van der Waals surface area contributed by atoms with Crippen LogP contribution < -0.4 is 5.73 Å². The van der Waals surface area contributed by atoms with E-state index >= 15 is 0 Å². The van der Waals surface area contributed by atoms with E-state index in [1.807, 2.05) is 25.5 Å². The highest BCUT2D eigenvalue weighted by atomic mass is 16.8. The predicted octanol–water partition coefficient (Wildman–Crippen LogP) is 0.711. The van der Waals surface area contributed by atoms with Crippen molar-refractivity contribution >= 4 is 23.0 Å². The first-order chi connectivity index (χ1) is 14.3. The molecule has 2 saturated heterocycles. The van der Waals surface area contributed by atoms with Crippen molar-refractivity contribution < 1.29 is 23.7 Å². The Morgan fingerprint density at radius 3 is 2.83 bits per heavy atom. The van der Waals surface area contributed by atoms with Crippen molar-refractivity contribution in [1.29, 1.82) is 0 Å². The summed E-state index contributed by atoms with van der Waals surface area (Å²) in [6.45, 7) is 5.15. The number of imidazole rings is 1. The monoisotopic (exact) mass is 420 g/mol. The first-order valence-corrected chi connectivity index (χ1v) is 9.98. The van der Waals surface area contributed by atoms with Crippen LogP contribution in [0.25, 0.3) is 11.2 Å². The molecule has 0 saturated carbocycles. The zero-order chi connectivity index (χ0) is 21.5. The number of aromatic nitrogens is 4. The Bertz CT molecular complexity index is 918. The maximum atomic E-state index is 11.3. The third-order valence-electron chi connectivity index (χ3n) is 5.43. The number of nitrogens with two attached hydrogens (primary N) is 1. The number of methoxy groups -OCH3 is 1. The fourth-order valence-electron chi connectivity index (χ4n) is 4.08. The molecule has 4 heterocycles. The van der Waals surface area contributed by atoms with Crippen molar-refractivity contribution in [2.24, 2.45) is 0 Å². The number of carbonyl (C=O) groups excluding carboxylic acids is 1. The number of carbonyl (C=O) groups is 1. The molecule has 2 fully saturated rings. The van der Waals surface area contributed by atoms with E-state index in [4.69, 9.17) is 24.7 Å². The highest BCUT2D eigenvalue weighted by Crippen LogP contribution is 2.44. The summed E-state index contributed by atoms with van der Waals surface area (Å²) >= 11 is 0. The molecule has 4 rings (SSSR count). The molecule has 2 unspecified atom stereocenters. The van der Waals surface area contributed by atoms with Crippen LogP contribution in [0.15, 0.2) is 12.7 Å². The Balaban J connectivity index is 1.51. The molecular formula is C19H28N6O5. The van der Waals surface area contributed by atoms with E-state index in [0.717, 1.165) is 6.54 Å². The van der Waals surface area contributed by atoms with Gasteiger partial charge in [-0.2, -0.15) is 0 Å². The number of nitrogen functional groups attached to an aromatic ring is 1. The maximum absolute atomic E-state index is 11.3. The van der Waals surface area contributed by atoms with E-state index < -0.39 is 12.0 Å². The van der Waals surface area contributed by atoms with Crippen molar-refractivity contribution in [3.05, 3.63) is 12.7 Å². The van der Waals surface area contributed by atoms with Crippen LogP contribution >= 0.6 is 0 Å². The third-order valence-corrected chi connectivity index (χ3v) is 5.43. The Kier molecular flexibility index (Phi) is 5.62. The average molecular weight is 420 g/mol. The number of likely N-dealkylation sites (N-methyl/N-ethyl adjacent to an activating group) is 1. The van der Waals surface area contributed by atoms with Gasteiger partial charge < -0.3 is 29.6 Å². The zero-order valence-electron chi connectivity index (χ0n) is 17.6. The van der Waals surface area contributed by atoms with Crippen LogP contribution in [0.2, 0.25) is 0 Å². The minimum absolute atomic E-state index is 0.205. The molecule has 0 spiro atoms. The smallest absolute Gasteiger partial charge is 0.305 e. The minimum atomic E-state index is -0.719. The van der Waals surface area contributed by atoms with Gasteiger partial charge in [0.1, 0.15) is 30.2 Å². The second-order valence-electron chi connectivity index (χ2n) is 8.15. The number of esters is 1. The molecule has 4 atom stereocenters. The molecule has 0 bridgehead atoms. The Hall–Kier alpha value is -2.34. The summed E-state index contributed by atoms with van der Waals surface area (Å²) in [5.41, 5.74) is 7.04. The number of rotatable bonds is 7. The van der Waals surface area contributed by atoms with Crippen LogP contribution in [0.5, 0.6) is 0 Å². The molecule has 2 aromatic rings. The van der Waals surface area contributed by atoms with Crippen molar-refractivity contribution in [3.63, 3.8) is 0 Å². The van der Waals surface area contributed by atoms with Gasteiger partial charge in [0.25, 0.3) is 0 Å². The van der Waals surface area contributed by atoms with Gasteiger partial charge >= 0.3 is 5.97 Å². The number of hydrogen-bond acceptors (Lipinski definition) is 10. The molecule has 30 heavy (non-hydrogen) atoms. The first-order valence-electron chi connectivity index (χ1n) is 9.98. The maximum Gasteiger partial charge on any atom is 0.305 e. The van der Waals surface area contributed by atoms with Crippen LogP contribution in [0, 0.1) is 0 Å². The lowest BCUT2D eigenvalue weighted by Crippen LogP contribution is -2.38. The van der Waals surface area contributed by atoms with Crippen molar-refractivity contribution in [2.45, 2.75) is 57.0 Å². The Morgan fingerprint density at radius 1 is 1.30 bits per heavy atom. The van der Waals surface area contributed by atoms with Gasteiger partial charge in [-0.05, 0) is 33.9 Å². The summed E-state index contributed by atoms with van der Waals surface area (Å²) in [4.78, 5) is 26.1. The largest absolute Gasteiger partial charge is 0.469 e. The van der Waals surface area contributed by atoms with E-state index in [2.05, 4.69) is 19.9 Å². The van der Waals surface area contributed by atoms with Gasteiger partial charge in [-0.25, -0.2) is 15.0 Å². The molecule has 2 N–H and O–H groups in total. The number of hydrogen-bond donors (Lipinski definition) is 1. The standard InChI is InChI=1S/C19H28N6O5/c1-19(2)29-14-11(8-24(3)7-5-6-12(26)27-4)28-18(15(14)30-19)25-10-23-13-16(20)21-9-22-17(13)25/h9-11,14-15,18H,5-8H2,1-4H3,(H2,20,21,22)/t11?,14-,15-,18?/m1/s1. The molecule has 0 aliphatic carbocycles. The molecule has 11 heteroatoms. The molecule has 2 aliphatic rings. The SMILES string of the molecule is COC(=O)CCCN(C)CC1OC(n2cnc3c(N)ncnc32)[C@@H]2OC(C)(C)O[C@H]12. The van der Waals surface area contributed by atoms with Gasteiger partial charge in [0.05, 0.1) is 13.4 Å². The van der Waals surface area contributed by atoms with E-state index in [0.29, 0.717) is 36.4 Å². The van der Waals surface area contributed by atoms with E-state index in [1.54, 1.807) is 6.33 Å². The Morgan fingerprint density at radius 2 is 2.07 bits per heavy atom. The van der Waals surface area contributed by atoms with Crippen LogP contribution in [0.4, 0.5) is 5.82 Å². The van der Waals surface area contributed by atoms with Crippen molar-refractivity contribution in [1.82, 2.24) is 24.4 Å². The highest BCUT2D eigenvalue weighted by molar-refractivity contribution is 5.81. The summed E-state index contributed by atoms with van der Waals surface area (Å²) in [7, 11) is 3.39. The van der Waals surface area contributed by atoms with Crippen LogP contribution in [0.3, 0.4) is 0 Å². The average Bonchev–Trinajstić information content (AvgIpc) is 3.34. The quantitative estimate of drug-likeness (QED) is 0.640. The second-order valence-corrected chi connectivity index (χ2v) is 8.15. The molecule has 11 nitrogen and oxygen atoms in total. The van der Waals surface area contributed by atoms with Gasteiger partial charge in [0.15, 0.2) is 23.5 Å². The molecule has 2 aromatic heterocycles. The lowest BCUT2D eigenvalue weighted by atomic mass is 10.1. The molecule has 0 radical (unpaired) electrons. The molecule has 164 valence electrons. The van der Waals surface area contributed by atoms with E-state index in [9.17, 15) is 4.79 Å².